The predicted octanol–water partition coefficient (Wildman–Crippen LogP) is 3.15. The second kappa shape index (κ2) is 7.34. The van der Waals surface area contributed by atoms with Crippen molar-refractivity contribution >= 4 is 29.9 Å². The summed E-state index contributed by atoms with van der Waals surface area (Å²) in [4.78, 5) is 18.8. The number of benzene rings is 1. The number of nitrogens with one attached hydrogen (secondary N) is 1. The lowest BCUT2D eigenvalue weighted by atomic mass is 10.0. The van der Waals surface area contributed by atoms with Gasteiger partial charge < -0.3 is 14.6 Å². The van der Waals surface area contributed by atoms with Gasteiger partial charge in [-0.2, -0.15) is 0 Å². The molecule has 0 aliphatic carbocycles. The highest BCUT2D eigenvalue weighted by atomic mass is 35.5. The minimum atomic E-state index is -0.135. The van der Waals surface area contributed by atoms with Crippen molar-refractivity contribution in [3.8, 4) is 0 Å². The van der Waals surface area contributed by atoms with Gasteiger partial charge in [-0.25, -0.2) is 4.98 Å². The zero-order valence-electron chi connectivity index (χ0n) is 13.0. The lowest BCUT2D eigenvalue weighted by molar-refractivity contribution is 0.0599. The SMILES string of the molecule is Cc1nc(C)c(C(=O)N2CCNCC2c2ccccc2Cl)o1.Cl. The van der Waals surface area contributed by atoms with Crippen molar-refractivity contribution in [2.75, 3.05) is 19.6 Å². The Balaban J connectivity index is 0.00000192. The van der Waals surface area contributed by atoms with Gasteiger partial charge in [0.2, 0.25) is 5.76 Å². The van der Waals surface area contributed by atoms with E-state index in [9.17, 15) is 4.79 Å². The number of aromatic nitrogens is 1. The molecule has 1 aromatic carbocycles. The van der Waals surface area contributed by atoms with E-state index in [1.165, 1.54) is 0 Å². The molecule has 1 atom stereocenters. The molecule has 124 valence electrons. The minimum absolute atomic E-state index is 0. The highest BCUT2D eigenvalue weighted by Gasteiger charge is 2.32. The fourth-order valence-electron chi connectivity index (χ4n) is 2.83. The number of aryl methyl sites for hydroxylation is 2. The summed E-state index contributed by atoms with van der Waals surface area (Å²) in [7, 11) is 0. The van der Waals surface area contributed by atoms with E-state index in [4.69, 9.17) is 16.0 Å². The van der Waals surface area contributed by atoms with Crippen LogP contribution in [0.1, 0.15) is 33.7 Å². The van der Waals surface area contributed by atoms with E-state index in [0.717, 1.165) is 12.1 Å². The van der Waals surface area contributed by atoms with Crippen molar-refractivity contribution in [1.29, 1.82) is 0 Å². The normalized spacial score (nSPS) is 17.7. The highest BCUT2D eigenvalue weighted by Crippen LogP contribution is 2.30. The molecule has 1 aliphatic rings. The van der Waals surface area contributed by atoms with Gasteiger partial charge in [-0.05, 0) is 18.6 Å². The molecule has 1 aliphatic heterocycles. The van der Waals surface area contributed by atoms with Gasteiger partial charge in [-0.1, -0.05) is 29.8 Å². The molecule has 23 heavy (non-hydrogen) atoms. The van der Waals surface area contributed by atoms with Crippen LogP contribution in [0.3, 0.4) is 0 Å². The fourth-order valence-corrected chi connectivity index (χ4v) is 3.09. The summed E-state index contributed by atoms with van der Waals surface area (Å²) in [5, 5.41) is 3.98. The van der Waals surface area contributed by atoms with E-state index in [-0.39, 0.29) is 24.4 Å². The molecule has 1 unspecified atom stereocenters. The Labute approximate surface area is 146 Å². The molecule has 1 saturated heterocycles. The number of carbonyl (C=O) groups excluding carboxylic acids is 1. The van der Waals surface area contributed by atoms with E-state index in [0.29, 0.717) is 35.5 Å². The summed E-state index contributed by atoms with van der Waals surface area (Å²) in [6.45, 7) is 5.55. The Morgan fingerprint density at radius 2 is 2.13 bits per heavy atom. The van der Waals surface area contributed by atoms with Crippen molar-refractivity contribution in [2.24, 2.45) is 0 Å². The number of oxazole rings is 1. The van der Waals surface area contributed by atoms with Crippen molar-refractivity contribution in [2.45, 2.75) is 19.9 Å². The van der Waals surface area contributed by atoms with E-state index < -0.39 is 0 Å². The van der Waals surface area contributed by atoms with E-state index in [2.05, 4.69) is 10.3 Å². The average molecular weight is 356 g/mol. The Morgan fingerprint density at radius 3 is 2.78 bits per heavy atom. The van der Waals surface area contributed by atoms with Gasteiger partial charge in [0.1, 0.15) is 0 Å². The molecular formula is C16H19Cl2N3O2. The third kappa shape index (κ3) is 3.52. The molecule has 1 N–H and O–H groups in total. The Morgan fingerprint density at radius 1 is 1.39 bits per heavy atom. The van der Waals surface area contributed by atoms with E-state index in [1.807, 2.05) is 29.2 Å². The van der Waals surface area contributed by atoms with Crippen LogP contribution in [-0.4, -0.2) is 35.4 Å². The van der Waals surface area contributed by atoms with Crippen LogP contribution < -0.4 is 5.32 Å². The van der Waals surface area contributed by atoms with Crippen LogP contribution in [0.2, 0.25) is 5.02 Å². The number of rotatable bonds is 2. The van der Waals surface area contributed by atoms with Gasteiger partial charge in [-0.3, -0.25) is 4.79 Å². The summed E-state index contributed by atoms with van der Waals surface area (Å²) in [6.07, 6.45) is 0. The van der Waals surface area contributed by atoms with Crippen molar-refractivity contribution in [3.63, 3.8) is 0 Å². The monoisotopic (exact) mass is 355 g/mol. The Hall–Kier alpha value is -1.56. The van der Waals surface area contributed by atoms with Crippen LogP contribution in [-0.2, 0) is 0 Å². The molecule has 0 spiro atoms. The maximum absolute atomic E-state index is 12.9. The smallest absolute Gasteiger partial charge is 0.292 e. The van der Waals surface area contributed by atoms with Crippen molar-refractivity contribution in [3.05, 3.63) is 52.2 Å². The van der Waals surface area contributed by atoms with Gasteiger partial charge in [0.25, 0.3) is 5.91 Å². The quantitative estimate of drug-likeness (QED) is 0.898. The average Bonchev–Trinajstić information content (AvgIpc) is 2.86. The first-order valence-electron chi connectivity index (χ1n) is 7.28. The number of hydrogen-bond donors (Lipinski definition) is 1. The number of amides is 1. The number of piperazine rings is 1. The van der Waals surface area contributed by atoms with Crippen LogP contribution in [0.4, 0.5) is 0 Å². The summed E-state index contributed by atoms with van der Waals surface area (Å²) < 4.78 is 5.49. The number of nitrogens with zero attached hydrogens (tertiary/aromatic N) is 2. The summed E-state index contributed by atoms with van der Waals surface area (Å²) in [6, 6.07) is 7.51. The van der Waals surface area contributed by atoms with Gasteiger partial charge in [0, 0.05) is 31.6 Å². The molecule has 0 bridgehead atoms. The fraction of sp³-hybridized carbons (Fsp3) is 0.375. The maximum atomic E-state index is 12.9. The third-order valence-corrected chi connectivity index (χ3v) is 4.21. The summed E-state index contributed by atoms with van der Waals surface area (Å²) in [5.74, 6) is 0.686. The van der Waals surface area contributed by atoms with Gasteiger partial charge in [0.15, 0.2) is 5.89 Å². The van der Waals surface area contributed by atoms with Gasteiger partial charge in [-0.15, -0.1) is 12.4 Å². The lowest BCUT2D eigenvalue weighted by Crippen LogP contribution is -2.48. The standard InChI is InChI=1S/C16H18ClN3O2.ClH/c1-10-15(22-11(2)19-10)16(21)20-8-7-18-9-14(20)12-5-3-4-6-13(12)17;/h3-6,14,18H,7-9H2,1-2H3;1H. The Kier molecular flexibility index (Phi) is 5.68. The summed E-state index contributed by atoms with van der Waals surface area (Å²) in [5.41, 5.74) is 1.57. The molecule has 0 radical (unpaired) electrons. The predicted molar refractivity (Wildman–Crippen MR) is 91.3 cm³/mol. The van der Waals surface area contributed by atoms with Crippen LogP contribution in [0.15, 0.2) is 28.7 Å². The van der Waals surface area contributed by atoms with Gasteiger partial charge in [0.05, 0.1) is 11.7 Å². The molecule has 2 aromatic rings. The van der Waals surface area contributed by atoms with E-state index >= 15 is 0 Å². The zero-order chi connectivity index (χ0) is 15.7. The second-order valence-electron chi connectivity index (χ2n) is 5.39. The second-order valence-corrected chi connectivity index (χ2v) is 5.79. The first kappa shape index (κ1) is 17.8. The molecule has 3 rings (SSSR count). The first-order valence-corrected chi connectivity index (χ1v) is 7.66. The number of carbonyl (C=O) groups is 1. The molecule has 1 amide bonds. The molecule has 1 aromatic heterocycles. The topological polar surface area (TPSA) is 58.4 Å². The largest absolute Gasteiger partial charge is 0.436 e. The molecule has 7 heteroatoms. The molecule has 5 nitrogen and oxygen atoms in total. The number of hydrogen-bond acceptors (Lipinski definition) is 4. The molecule has 1 fully saturated rings. The van der Waals surface area contributed by atoms with Crippen LogP contribution in [0.5, 0.6) is 0 Å². The number of halogens is 2. The van der Waals surface area contributed by atoms with Crippen molar-refractivity contribution < 1.29 is 9.21 Å². The zero-order valence-corrected chi connectivity index (χ0v) is 14.6. The van der Waals surface area contributed by atoms with Crippen LogP contribution in [0.25, 0.3) is 0 Å². The first-order chi connectivity index (χ1) is 10.6. The Bertz CT molecular complexity index is 702. The third-order valence-electron chi connectivity index (χ3n) is 3.87. The molecular weight excluding hydrogens is 337 g/mol. The minimum Gasteiger partial charge on any atom is -0.436 e. The van der Waals surface area contributed by atoms with Crippen LogP contribution in [0, 0.1) is 13.8 Å². The van der Waals surface area contributed by atoms with Gasteiger partial charge >= 0.3 is 0 Å². The molecule has 0 saturated carbocycles. The summed E-state index contributed by atoms with van der Waals surface area (Å²) >= 11 is 6.31. The molecule has 2 heterocycles. The lowest BCUT2D eigenvalue weighted by Gasteiger charge is -2.36. The van der Waals surface area contributed by atoms with E-state index in [1.54, 1.807) is 13.8 Å². The van der Waals surface area contributed by atoms with Crippen LogP contribution >= 0.6 is 24.0 Å². The van der Waals surface area contributed by atoms with Crippen molar-refractivity contribution in [1.82, 2.24) is 15.2 Å². The highest BCUT2D eigenvalue weighted by molar-refractivity contribution is 6.31. The maximum Gasteiger partial charge on any atom is 0.292 e.